The number of hydrogen-bond donors (Lipinski definition) is 0. The minimum Gasteiger partial charge on any atom is -0.310 e. The summed E-state index contributed by atoms with van der Waals surface area (Å²) in [5.74, 6) is 0. The van der Waals surface area contributed by atoms with Crippen molar-refractivity contribution in [3.05, 3.63) is 151 Å². The van der Waals surface area contributed by atoms with E-state index >= 15 is 0 Å². The Morgan fingerprint density at radius 3 is 2.09 bits per heavy atom. The van der Waals surface area contributed by atoms with Crippen LogP contribution >= 0.6 is 11.3 Å². The number of nitrogens with zero attached hydrogens (tertiary/aromatic N) is 4. The van der Waals surface area contributed by atoms with Crippen LogP contribution in [-0.4, -0.2) is 9.38 Å². The third-order valence-electron chi connectivity index (χ3n) is 8.18. The van der Waals surface area contributed by atoms with Gasteiger partial charge in [0.15, 0.2) is 0 Å². The number of aromatic nitrogens is 2. The van der Waals surface area contributed by atoms with Crippen molar-refractivity contribution in [1.82, 2.24) is 9.38 Å². The number of anilines is 3. The van der Waals surface area contributed by atoms with Gasteiger partial charge in [-0.3, -0.25) is 4.40 Å². The zero-order valence-corrected chi connectivity index (χ0v) is 24.8. The topological polar surface area (TPSA) is 44.3 Å². The number of pyridine rings is 1. The molecule has 0 aliphatic carbocycles. The minimum absolute atomic E-state index is 0.649. The van der Waals surface area contributed by atoms with Crippen LogP contribution < -0.4 is 4.90 Å². The highest BCUT2D eigenvalue weighted by molar-refractivity contribution is 7.25. The second kappa shape index (κ2) is 10.5. The summed E-state index contributed by atoms with van der Waals surface area (Å²) in [6, 6.07) is 48.5. The highest BCUT2D eigenvalue weighted by Gasteiger charge is 2.16. The van der Waals surface area contributed by atoms with Crippen LogP contribution in [0.25, 0.3) is 48.3 Å². The first-order chi connectivity index (χ1) is 21.7. The van der Waals surface area contributed by atoms with Crippen molar-refractivity contribution in [2.45, 2.75) is 6.92 Å². The van der Waals surface area contributed by atoms with Crippen LogP contribution in [0.5, 0.6) is 0 Å². The molecule has 4 nitrogen and oxygen atoms in total. The molecule has 0 radical (unpaired) electrons. The van der Waals surface area contributed by atoms with E-state index in [0.717, 1.165) is 39.4 Å². The summed E-state index contributed by atoms with van der Waals surface area (Å²) in [6.45, 7) is 2.15. The predicted octanol–water partition coefficient (Wildman–Crippen LogP) is 10.7. The van der Waals surface area contributed by atoms with E-state index in [4.69, 9.17) is 4.98 Å². The van der Waals surface area contributed by atoms with E-state index in [1.807, 2.05) is 42.5 Å². The SMILES string of the molecule is Cc1cc(-c2ccc(-c3ccc4nc5c6ccccc6sc5n4c3)cc2)ccc1N(c1ccccc1)c1ccc(C#N)cc1. The molecule has 0 fully saturated rings. The Balaban J connectivity index is 1.12. The van der Waals surface area contributed by atoms with Gasteiger partial charge in [-0.05, 0) is 101 Å². The first-order valence-corrected chi connectivity index (χ1v) is 15.3. The number of imidazole rings is 1. The Bertz CT molecular complexity index is 2340. The molecule has 5 aromatic carbocycles. The lowest BCUT2D eigenvalue weighted by Gasteiger charge is -2.27. The van der Waals surface area contributed by atoms with E-state index in [2.05, 4.69) is 119 Å². The average molecular weight is 583 g/mol. The van der Waals surface area contributed by atoms with Crippen LogP contribution in [-0.2, 0) is 0 Å². The molecule has 0 unspecified atom stereocenters. The Hall–Kier alpha value is -5.70. The van der Waals surface area contributed by atoms with Gasteiger partial charge in [-0.15, -0.1) is 11.3 Å². The van der Waals surface area contributed by atoms with E-state index in [9.17, 15) is 5.26 Å². The molecule has 0 saturated heterocycles. The Morgan fingerprint density at radius 1 is 0.682 bits per heavy atom. The first-order valence-electron chi connectivity index (χ1n) is 14.5. The molecular formula is C39H26N4S. The molecule has 8 aromatic rings. The van der Waals surface area contributed by atoms with E-state index in [1.165, 1.54) is 31.6 Å². The molecule has 3 aromatic heterocycles. The summed E-state index contributed by atoms with van der Waals surface area (Å²) >= 11 is 1.79. The third-order valence-corrected chi connectivity index (χ3v) is 9.34. The molecule has 0 spiro atoms. The molecule has 208 valence electrons. The zero-order chi connectivity index (χ0) is 29.6. The Morgan fingerprint density at radius 2 is 1.34 bits per heavy atom. The molecule has 0 atom stereocenters. The molecule has 0 amide bonds. The van der Waals surface area contributed by atoms with Gasteiger partial charge in [-0.1, -0.05) is 66.7 Å². The Kier molecular flexibility index (Phi) is 6.22. The fourth-order valence-corrected chi connectivity index (χ4v) is 7.08. The summed E-state index contributed by atoms with van der Waals surface area (Å²) < 4.78 is 3.48. The van der Waals surface area contributed by atoms with Gasteiger partial charge in [0.25, 0.3) is 0 Å². The maximum absolute atomic E-state index is 9.30. The second-order valence-corrected chi connectivity index (χ2v) is 11.9. The summed E-state index contributed by atoms with van der Waals surface area (Å²) in [5, 5.41) is 10.5. The lowest BCUT2D eigenvalue weighted by molar-refractivity contribution is 1.24. The normalized spacial score (nSPS) is 11.3. The van der Waals surface area contributed by atoms with Gasteiger partial charge in [0.1, 0.15) is 16.0 Å². The molecule has 0 bridgehead atoms. The Labute approximate surface area is 259 Å². The number of para-hydroxylation sites is 1. The third kappa shape index (κ3) is 4.41. The van der Waals surface area contributed by atoms with Gasteiger partial charge in [0.05, 0.1) is 11.6 Å². The van der Waals surface area contributed by atoms with Gasteiger partial charge in [0, 0.05) is 33.3 Å². The van der Waals surface area contributed by atoms with E-state index in [-0.39, 0.29) is 0 Å². The zero-order valence-electron chi connectivity index (χ0n) is 24.0. The number of fused-ring (bicyclic) bond motifs is 5. The van der Waals surface area contributed by atoms with Crippen LogP contribution in [0.1, 0.15) is 11.1 Å². The number of aryl methyl sites for hydroxylation is 1. The highest BCUT2D eigenvalue weighted by atomic mass is 32.1. The fraction of sp³-hybridized carbons (Fsp3) is 0.0256. The summed E-state index contributed by atoms with van der Waals surface area (Å²) in [6.07, 6.45) is 2.20. The standard InChI is InChI=1S/C39H26N4S/c1-26-23-30(17-21-35(26)43(32-7-3-2-4-8-32)33-19-11-27(24-40)12-20-33)28-13-15-29(16-14-28)31-18-22-37-41-38-34-9-5-6-10-36(34)44-39(38)42(37)25-31/h2-23,25H,1H3. The first kappa shape index (κ1) is 26.0. The molecule has 5 heteroatoms. The van der Waals surface area contributed by atoms with Crippen LogP contribution in [0.3, 0.4) is 0 Å². The number of rotatable bonds is 5. The van der Waals surface area contributed by atoms with E-state index < -0.39 is 0 Å². The number of nitriles is 1. The van der Waals surface area contributed by atoms with Crippen LogP contribution in [0.4, 0.5) is 17.1 Å². The number of thiophene rings is 1. The lowest BCUT2D eigenvalue weighted by Crippen LogP contribution is -2.11. The molecule has 0 aliphatic rings. The molecule has 0 saturated carbocycles. The molecule has 0 N–H and O–H groups in total. The summed E-state index contributed by atoms with van der Waals surface area (Å²) in [5.41, 5.74) is 11.7. The van der Waals surface area contributed by atoms with Crippen molar-refractivity contribution in [1.29, 1.82) is 5.26 Å². The van der Waals surface area contributed by atoms with Crippen LogP contribution in [0, 0.1) is 18.3 Å². The van der Waals surface area contributed by atoms with Crippen molar-refractivity contribution < 1.29 is 0 Å². The molecule has 0 aliphatic heterocycles. The largest absolute Gasteiger partial charge is 0.310 e. The van der Waals surface area contributed by atoms with Crippen LogP contribution in [0.2, 0.25) is 0 Å². The van der Waals surface area contributed by atoms with Crippen molar-refractivity contribution in [2.24, 2.45) is 0 Å². The number of benzene rings is 5. The molecule has 44 heavy (non-hydrogen) atoms. The summed E-state index contributed by atoms with van der Waals surface area (Å²) in [4.78, 5) is 8.34. The molecule has 8 rings (SSSR count). The minimum atomic E-state index is 0.649. The van der Waals surface area contributed by atoms with Crippen molar-refractivity contribution >= 4 is 54.5 Å². The average Bonchev–Trinajstić information content (AvgIpc) is 3.62. The van der Waals surface area contributed by atoms with Crippen LogP contribution in [0.15, 0.2) is 140 Å². The van der Waals surface area contributed by atoms with E-state index in [0.29, 0.717) is 5.56 Å². The monoisotopic (exact) mass is 582 g/mol. The van der Waals surface area contributed by atoms with Crippen molar-refractivity contribution in [3.8, 4) is 28.3 Å². The van der Waals surface area contributed by atoms with E-state index in [1.54, 1.807) is 11.3 Å². The highest BCUT2D eigenvalue weighted by Crippen LogP contribution is 2.39. The van der Waals surface area contributed by atoms with Gasteiger partial charge < -0.3 is 4.90 Å². The van der Waals surface area contributed by atoms with Crippen molar-refractivity contribution in [3.63, 3.8) is 0 Å². The van der Waals surface area contributed by atoms with Gasteiger partial charge in [-0.25, -0.2) is 4.98 Å². The number of hydrogen-bond acceptors (Lipinski definition) is 4. The maximum Gasteiger partial charge on any atom is 0.138 e. The van der Waals surface area contributed by atoms with Crippen molar-refractivity contribution in [2.75, 3.05) is 4.90 Å². The van der Waals surface area contributed by atoms with Gasteiger partial charge in [-0.2, -0.15) is 5.26 Å². The second-order valence-electron chi connectivity index (χ2n) is 10.9. The fourth-order valence-electron chi connectivity index (χ4n) is 5.95. The maximum atomic E-state index is 9.30. The molecular weight excluding hydrogens is 557 g/mol. The summed E-state index contributed by atoms with van der Waals surface area (Å²) in [7, 11) is 0. The quantitative estimate of drug-likeness (QED) is 0.203. The van der Waals surface area contributed by atoms with Gasteiger partial charge in [0.2, 0.25) is 0 Å². The van der Waals surface area contributed by atoms with Gasteiger partial charge >= 0.3 is 0 Å². The lowest BCUT2D eigenvalue weighted by atomic mass is 9.98. The molecule has 3 heterocycles. The predicted molar refractivity (Wildman–Crippen MR) is 183 cm³/mol. The smallest absolute Gasteiger partial charge is 0.138 e.